The topological polar surface area (TPSA) is 24.5 Å². The lowest BCUT2D eigenvalue weighted by atomic mass is 10.1. The highest BCUT2D eigenvalue weighted by Gasteiger charge is 2.21. The number of likely N-dealkylation sites (N-methyl/N-ethyl adjacent to an activating group) is 1. The maximum Gasteiger partial charge on any atom is 0.0702 e. The van der Waals surface area contributed by atoms with Crippen LogP contribution in [-0.4, -0.2) is 49.8 Å². The van der Waals surface area contributed by atoms with Crippen molar-refractivity contribution in [1.82, 2.24) is 10.2 Å². The summed E-state index contributed by atoms with van der Waals surface area (Å²) in [5.74, 6) is 0. The summed E-state index contributed by atoms with van der Waals surface area (Å²) in [6.45, 7) is 9.79. The second-order valence-corrected chi connectivity index (χ2v) is 5.20. The Bertz CT molecular complexity index is 179. The van der Waals surface area contributed by atoms with Crippen molar-refractivity contribution < 1.29 is 4.74 Å². The molecular weight excluding hydrogens is 200 g/mol. The van der Waals surface area contributed by atoms with Crippen molar-refractivity contribution in [2.45, 2.75) is 58.2 Å². The summed E-state index contributed by atoms with van der Waals surface area (Å²) in [6.07, 6.45) is 4.14. The molecule has 3 heteroatoms. The van der Waals surface area contributed by atoms with Crippen LogP contribution in [0.1, 0.15) is 40.0 Å². The highest BCUT2D eigenvalue weighted by atomic mass is 16.5. The van der Waals surface area contributed by atoms with Gasteiger partial charge < -0.3 is 10.1 Å². The minimum absolute atomic E-state index is 0.470. The van der Waals surface area contributed by atoms with Crippen LogP contribution in [-0.2, 0) is 4.74 Å². The first kappa shape index (κ1) is 13.9. The zero-order valence-electron chi connectivity index (χ0n) is 11.3. The van der Waals surface area contributed by atoms with Crippen LogP contribution in [0.2, 0.25) is 0 Å². The summed E-state index contributed by atoms with van der Waals surface area (Å²) in [6, 6.07) is 1.21. The van der Waals surface area contributed by atoms with Gasteiger partial charge in [-0.25, -0.2) is 0 Å². The first-order chi connectivity index (χ1) is 7.63. The lowest BCUT2D eigenvalue weighted by Gasteiger charge is -2.30. The summed E-state index contributed by atoms with van der Waals surface area (Å²) >= 11 is 0. The van der Waals surface area contributed by atoms with Crippen LogP contribution >= 0.6 is 0 Å². The van der Waals surface area contributed by atoms with Crippen LogP contribution < -0.4 is 5.32 Å². The van der Waals surface area contributed by atoms with Crippen LogP contribution in [0.15, 0.2) is 0 Å². The predicted octanol–water partition coefficient (Wildman–Crippen LogP) is 1.87. The van der Waals surface area contributed by atoms with Crippen molar-refractivity contribution in [3.05, 3.63) is 0 Å². The van der Waals surface area contributed by atoms with Crippen molar-refractivity contribution in [1.29, 1.82) is 0 Å². The smallest absolute Gasteiger partial charge is 0.0702 e. The molecular formula is C13H28N2O. The van der Waals surface area contributed by atoms with E-state index in [1.54, 1.807) is 0 Å². The molecule has 96 valence electrons. The Kier molecular flexibility index (Phi) is 6.32. The molecule has 1 aliphatic rings. The van der Waals surface area contributed by atoms with E-state index in [0.717, 1.165) is 19.7 Å². The number of nitrogens with zero attached hydrogens (tertiary/aromatic N) is 1. The monoisotopic (exact) mass is 228 g/mol. The van der Waals surface area contributed by atoms with Gasteiger partial charge in [0.1, 0.15) is 0 Å². The van der Waals surface area contributed by atoms with Crippen LogP contribution in [0.25, 0.3) is 0 Å². The summed E-state index contributed by atoms with van der Waals surface area (Å²) in [5, 5.41) is 3.52. The molecule has 0 aromatic carbocycles. The minimum Gasteiger partial charge on any atom is -0.377 e. The third-order valence-electron chi connectivity index (χ3n) is 3.37. The van der Waals surface area contributed by atoms with Crippen LogP contribution in [0.4, 0.5) is 0 Å². The first-order valence-electron chi connectivity index (χ1n) is 6.68. The molecule has 0 aromatic rings. The van der Waals surface area contributed by atoms with Gasteiger partial charge in [0.15, 0.2) is 0 Å². The van der Waals surface area contributed by atoms with Gasteiger partial charge in [-0.05, 0) is 26.3 Å². The van der Waals surface area contributed by atoms with Gasteiger partial charge in [0, 0.05) is 31.8 Å². The predicted molar refractivity (Wildman–Crippen MR) is 68.8 cm³/mol. The molecule has 2 atom stereocenters. The molecule has 0 aromatic heterocycles. The first-order valence-corrected chi connectivity index (χ1v) is 6.68. The van der Waals surface area contributed by atoms with Gasteiger partial charge in [-0.3, -0.25) is 4.90 Å². The fourth-order valence-corrected chi connectivity index (χ4v) is 2.24. The Labute approximate surface area is 101 Å². The fraction of sp³-hybridized carbons (Fsp3) is 1.00. The molecule has 0 saturated carbocycles. The van der Waals surface area contributed by atoms with Crippen LogP contribution in [0, 0.1) is 0 Å². The number of rotatable bonds is 7. The molecule has 0 aliphatic carbocycles. The van der Waals surface area contributed by atoms with E-state index in [4.69, 9.17) is 4.74 Å². The van der Waals surface area contributed by atoms with Crippen LogP contribution in [0.5, 0.6) is 0 Å². The van der Waals surface area contributed by atoms with Gasteiger partial charge in [-0.1, -0.05) is 20.8 Å². The van der Waals surface area contributed by atoms with E-state index in [-0.39, 0.29) is 0 Å². The number of hydrogen-bond donors (Lipinski definition) is 1. The quantitative estimate of drug-likeness (QED) is 0.720. The van der Waals surface area contributed by atoms with E-state index in [2.05, 4.69) is 38.0 Å². The highest BCUT2D eigenvalue weighted by molar-refractivity contribution is 4.76. The molecule has 2 unspecified atom stereocenters. The van der Waals surface area contributed by atoms with Gasteiger partial charge >= 0.3 is 0 Å². The largest absolute Gasteiger partial charge is 0.377 e. The van der Waals surface area contributed by atoms with Gasteiger partial charge in [-0.2, -0.15) is 0 Å². The van der Waals surface area contributed by atoms with Crippen molar-refractivity contribution in [3.63, 3.8) is 0 Å². The van der Waals surface area contributed by atoms with Crippen LogP contribution in [0.3, 0.4) is 0 Å². The summed E-state index contributed by atoms with van der Waals surface area (Å²) < 4.78 is 5.68. The molecule has 0 amide bonds. The third kappa shape index (κ3) is 4.81. The molecule has 0 bridgehead atoms. The van der Waals surface area contributed by atoms with Gasteiger partial charge in [0.2, 0.25) is 0 Å². The summed E-state index contributed by atoms with van der Waals surface area (Å²) in [5.41, 5.74) is 0. The average molecular weight is 228 g/mol. The number of hydrogen-bond acceptors (Lipinski definition) is 3. The Balaban J connectivity index is 2.26. The molecule has 0 radical (unpaired) electrons. The molecule has 1 rings (SSSR count). The van der Waals surface area contributed by atoms with Gasteiger partial charge in [0.25, 0.3) is 0 Å². The number of nitrogens with one attached hydrogen (secondary N) is 1. The van der Waals surface area contributed by atoms with Crippen molar-refractivity contribution in [3.8, 4) is 0 Å². The maximum absolute atomic E-state index is 5.68. The molecule has 1 aliphatic heterocycles. The average Bonchev–Trinajstić information content (AvgIpc) is 2.71. The molecule has 1 fully saturated rings. The van der Waals surface area contributed by atoms with Crippen molar-refractivity contribution >= 4 is 0 Å². The second kappa shape index (κ2) is 7.25. The van der Waals surface area contributed by atoms with Gasteiger partial charge in [0.05, 0.1) is 6.10 Å². The van der Waals surface area contributed by atoms with E-state index in [9.17, 15) is 0 Å². The lowest BCUT2D eigenvalue weighted by molar-refractivity contribution is 0.0668. The molecule has 1 N–H and O–H groups in total. The standard InChI is InChI=1S/C13H28N2O/c1-5-12(9-14-11(2)3)15(4)10-13-7-6-8-16-13/h11-14H,5-10H2,1-4H3. The Morgan fingerprint density at radius 1 is 1.44 bits per heavy atom. The SMILES string of the molecule is CCC(CNC(C)C)N(C)CC1CCCO1. The highest BCUT2D eigenvalue weighted by Crippen LogP contribution is 2.14. The van der Waals surface area contributed by atoms with E-state index in [0.29, 0.717) is 18.2 Å². The molecule has 1 saturated heterocycles. The normalized spacial score (nSPS) is 23.2. The Morgan fingerprint density at radius 2 is 2.19 bits per heavy atom. The second-order valence-electron chi connectivity index (χ2n) is 5.20. The third-order valence-corrected chi connectivity index (χ3v) is 3.37. The Hall–Kier alpha value is -0.120. The zero-order valence-corrected chi connectivity index (χ0v) is 11.3. The van der Waals surface area contributed by atoms with E-state index >= 15 is 0 Å². The molecule has 16 heavy (non-hydrogen) atoms. The fourth-order valence-electron chi connectivity index (χ4n) is 2.24. The van der Waals surface area contributed by atoms with E-state index < -0.39 is 0 Å². The zero-order chi connectivity index (χ0) is 12.0. The van der Waals surface area contributed by atoms with E-state index in [1.165, 1.54) is 19.3 Å². The molecule has 3 nitrogen and oxygen atoms in total. The van der Waals surface area contributed by atoms with Crippen molar-refractivity contribution in [2.75, 3.05) is 26.7 Å². The van der Waals surface area contributed by atoms with E-state index in [1.807, 2.05) is 0 Å². The van der Waals surface area contributed by atoms with Gasteiger partial charge in [-0.15, -0.1) is 0 Å². The summed E-state index contributed by atoms with van der Waals surface area (Å²) in [4.78, 5) is 2.45. The molecule has 0 spiro atoms. The molecule has 1 heterocycles. The summed E-state index contributed by atoms with van der Waals surface area (Å²) in [7, 11) is 2.22. The lowest BCUT2D eigenvalue weighted by Crippen LogP contribution is -2.44. The maximum atomic E-state index is 5.68. The van der Waals surface area contributed by atoms with Crippen molar-refractivity contribution in [2.24, 2.45) is 0 Å². The Morgan fingerprint density at radius 3 is 2.69 bits per heavy atom. The number of ether oxygens (including phenoxy) is 1. The minimum atomic E-state index is 0.470.